The minimum Gasteiger partial charge on any atom is -0.478 e. The Morgan fingerprint density at radius 1 is 1.42 bits per heavy atom. The van der Waals surface area contributed by atoms with Crippen LogP contribution < -0.4 is 0 Å². The Bertz CT molecular complexity index is 507. The van der Waals surface area contributed by atoms with Crippen molar-refractivity contribution in [2.45, 2.75) is 11.6 Å². The number of rotatable bonds is 5. The quantitative estimate of drug-likeness (QED) is 0.663. The Hall–Kier alpha value is -1.70. The summed E-state index contributed by atoms with van der Waals surface area (Å²) >= 11 is 1.07. The topological polar surface area (TPSA) is 66.3 Å². The zero-order valence-corrected chi connectivity index (χ0v) is 11.4. The second-order valence-electron chi connectivity index (χ2n) is 3.74. The lowest BCUT2D eigenvalue weighted by molar-refractivity contribution is 0.0680. The summed E-state index contributed by atoms with van der Waals surface area (Å²) in [7, 11) is 3.45. The lowest BCUT2D eigenvalue weighted by Crippen LogP contribution is -2.12. The van der Waals surface area contributed by atoms with Gasteiger partial charge < -0.3 is 10.0 Å². The number of carboxylic acids is 1. The van der Waals surface area contributed by atoms with Gasteiger partial charge in [0.2, 0.25) is 0 Å². The van der Waals surface area contributed by atoms with Crippen molar-refractivity contribution in [2.75, 3.05) is 20.4 Å². The summed E-state index contributed by atoms with van der Waals surface area (Å²) in [6.45, 7) is 0. The summed E-state index contributed by atoms with van der Waals surface area (Å²) in [6.07, 6.45) is 1.57. The highest BCUT2D eigenvalue weighted by Crippen LogP contribution is 2.26. The van der Waals surface area contributed by atoms with Crippen molar-refractivity contribution in [1.29, 1.82) is 0 Å². The van der Waals surface area contributed by atoms with Crippen molar-refractivity contribution in [2.24, 2.45) is 0 Å². The molecule has 0 radical (unpaired) electrons. The molecule has 0 spiro atoms. The Morgan fingerprint density at radius 2 is 2.05 bits per heavy atom. The zero-order chi connectivity index (χ0) is 14.6. The van der Waals surface area contributed by atoms with Gasteiger partial charge >= 0.3 is 5.97 Å². The van der Waals surface area contributed by atoms with Crippen molar-refractivity contribution in [1.82, 2.24) is 14.9 Å². The molecule has 0 saturated heterocycles. The third kappa shape index (κ3) is 3.88. The van der Waals surface area contributed by atoms with Gasteiger partial charge in [0.25, 0.3) is 6.43 Å². The van der Waals surface area contributed by atoms with Crippen LogP contribution in [0.5, 0.6) is 0 Å². The Kier molecular flexibility index (Phi) is 5.22. The van der Waals surface area contributed by atoms with Crippen molar-refractivity contribution >= 4 is 23.8 Å². The average molecular weight is 289 g/mol. The monoisotopic (exact) mass is 289 g/mol. The number of hydrogen-bond acceptors (Lipinski definition) is 5. The average Bonchev–Trinajstić information content (AvgIpc) is 2.34. The standard InChI is InChI=1S/C11H13F2N3O2S/c1-16(2)5-4-6-7(10(17)18)8(9(12)13)15-11(14-6)19-3/h4-5,9H,1-3H3,(H,17,18)/b5-4+. The molecule has 0 aromatic carbocycles. The van der Waals surface area contributed by atoms with Crippen LogP contribution in [0.3, 0.4) is 0 Å². The summed E-state index contributed by atoms with van der Waals surface area (Å²) in [5.74, 6) is -1.47. The van der Waals surface area contributed by atoms with Crippen molar-refractivity contribution in [3.05, 3.63) is 23.2 Å². The van der Waals surface area contributed by atoms with Gasteiger partial charge in [0.05, 0.1) is 5.69 Å². The first-order chi connectivity index (χ1) is 8.86. The fourth-order valence-electron chi connectivity index (χ4n) is 1.28. The van der Waals surface area contributed by atoms with Crippen molar-refractivity contribution < 1.29 is 18.7 Å². The predicted molar refractivity (Wildman–Crippen MR) is 68.5 cm³/mol. The number of halogens is 2. The third-order valence-corrected chi connectivity index (χ3v) is 2.63. The number of nitrogens with zero attached hydrogens (tertiary/aromatic N) is 3. The molecule has 0 atom stereocenters. The highest BCUT2D eigenvalue weighted by atomic mass is 32.2. The highest BCUT2D eigenvalue weighted by molar-refractivity contribution is 7.98. The molecule has 1 heterocycles. The number of hydrogen-bond donors (Lipinski definition) is 1. The van der Waals surface area contributed by atoms with Gasteiger partial charge in [-0.3, -0.25) is 0 Å². The first-order valence-electron chi connectivity index (χ1n) is 5.18. The van der Waals surface area contributed by atoms with Crippen LogP contribution in [0.2, 0.25) is 0 Å². The van der Waals surface area contributed by atoms with E-state index >= 15 is 0 Å². The molecular formula is C11H13F2N3O2S. The molecule has 19 heavy (non-hydrogen) atoms. The molecular weight excluding hydrogens is 276 g/mol. The molecule has 0 saturated carbocycles. The highest BCUT2D eigenvalue weighted by Gasteiger charge is 2.24. The number of alkyl halides is 2. The SMILES string of the molecule is CSc1nc(/C=C/N(C)C)c(C(=O)O)c(C(F)F)n1. The largest absolute Gasteiger partial charge is 0.478 e. The Balaban J connectivity index is 3.48. The molecule has 0 unspecified atom stereocenters. The fourth-order valence-corrected chi connectivity index (χ4v) is 1.66. The maximum atomic E-state index is 12.9. The molecule has 0 aliphatic rings. The molecule has 5 nitrogen and oxygen atoms in total. The van der Waals surface area contributed by atoms with Crippen LogP contribution in [-0.4, -0.2) is 46.3 Å². The molecule has 1 N–H and O–H groups in total. The minimum absolute atomic E-state index is 0.0316. The van der Waals surface area contributed by atoms with E-state index in [1.807, 2.05) is 0 Å². The number of aromatic carboxylic acids is 1. The van der Waals surface area contributed by atoms with Gasteiger partial charge in [-0.1, -0.05) is 11.8 Å². The number of thioether (sulfide) groups is 1. The number of aromatic nitrogens is 2. The second kappa shape index (κ2) is 6.46. The van der Waals surface area contributed by atoms with Gasteiger partial charge in [-0.15, -0.1) is 0 Å². The molecule has 0 amide bonds. The van der Waals surface area contributed by atoms with Crippen LogP contribution in [0.1, 0.15) is 28.2 Å². The normalized spacial score (nSPS) is 11.3. The summed E-state index contributed by atoms with van der Waals surface area (Å²) < 4.78 is 25.8. The van der Waals surface area contributed by atoms with Crippen LogP contribution in [-0.2, 0) is 0 Å². The van der Waals surface area contributed by atoms with Gasteiger partial charge in [0.1, 0.15) is 11.3 Å². The molecule has 0 fully saturated rings. The van der Waals surface area contributed by atoms with E-state index in [9.17, 15) is 13.6 Å². The van der Waals surface area contributed by atoms with E-state index in [0.717, 1.165) is 11.8 Å². The first kappa shape index (κ1) is 15.4. The van der Waals surface area contributed by atoms with Gasteiger partial charge in [0, 0.05) is 20.3 Å². The summed E-state index contributed by atoms with van der Waals surface area (Å²) in [5, 5.41) is 9.17. The van der Waals surface area contributed by atoms with E-state index in [2.05, 4.69) is 9.97 Å². The molecule has 0 aliphatic carbocycles. The molecule has 0 aliphatic heterocycles. The van der Waals surface area contributed by atoms with E-state index in [-0.39, 0.29) is 10.9 Å². The Morgan fingerprint density at radius 3 is 2.47 bits per heavy atom. The number of carbonyl (C=O) groups is 1. The molecule has 104 valence electrons. The van der Waals surface area contributed by atoms with Crippen LogP contribution in [0.25, 0.3) is 6.08 Å². The Labute approximate surface area is 113 Å². The first-order valence-corrected chi connectivity index (χ1v) is 6.41. The zero-order valence-electron chi connectivity index (χ0n) is 10.6. The van der Waals surface area contributed by atoms with E-state index in [1.165, 1.54) is 12.3 Å². The van der Waals surface area contributed by atoms with Crippen molar-refractivity contribution in [3.63, 3.8) is 0 Å². The lowest BCUT2D eigenvalue weighted by Gasteiger charge is -2.10. The molecule has 0 bridgehead atoms. The number of carboxylic acid groups (broad SMARTS) is 1. The van der Waals surface area contributed by atoms with Crippen LogP contribution >= 0.6 is 11.8 Å². The van der Waals surface area contributed by atoms with Gasteiger partial charge in [-0.25, -0.2) is 23.5 Å². The van der Waals surface area contributed by atoms with Gasteiger partial charge in [-0.05, 0) is 12.3 Å². The molecule has 1 aromatic rings. The van der Waals surface area contributed by atoms with E-state index in [0.29, 0.717) is 0 Å². The summed E-state index contributed by atoms with van der Waals surface area (Å²) in [4.78, 5) is 20.3. The van der Waals surface area contributed by atoms with Gasteiger partial charge in [0.15, 0.2) is 5.16 Å². The van der Waals surface area contributed by atoms with E-state index in [4.69, 9.17) is 5.11 Å². The maximum Gasteiger partial charge on any atom is 0.340 e. The van der Waals surface area contributed by atoms with Crippen LogP contribution in [0.15, 0.2) is 11.4 Å². The third-order valence-electron chi connectivity index (χ3n) is 2.08. The predicted octanol–water partition coefficient (Wildman–Crippen LogP) is 2.37. The lowest BCUT2D eigenvalue weighted by atomic mass is 10.1. The van der Waals surface area contributed by atoms with Crippen molar-refractivity contribution in [3.8, 4) is 0 Å². The second-order valence-corrected chi connectivity index (χ2v) is 4.51. The smallest absolute Gasteiger partial charge is 0.340 e. The van der Waals surface area contributed by atoms with Crippen LogP contribution in [0.4, 0.5) is 8.78 Å². The van der Waals surface area contributed by atoms with Gasteiger partial charge in [-0.2, -0.15) is 0 Å². The minimum atomic E-state index is -2.97. The fraction of sp³-hybridized carbons (Fsp3) is 0.364. The summed E-state index contributed by atoms with van der Waals surface area (Å²) in [5.41, 5.74) is -1.35. The van der Waals surface area contributed by atoms with E-state index in [1.54, 1.807) is 25.3 Å². The molecule has 1 rings (SSSR count). The van der Waals surface area contributed by atoms with E-state index < -0.39 is 23.7 Å². The summed E-state index contributed by atoms with van der Waals surface area (Å²) in [6, 6.07) is 0. The molecule has 8 heteroatoms. The van der Waals surface area contributed by atoms with Crippen LogP contribution in [0, 0.1) is 0 Å². The maximum absolute atomic E-state index is 12.9. The molecule has 1 aromatic heterocycles.